The third-order valence-electron chi connectivity index (χ3n) is 1.58. The smallest absolute Gasteiger partial charge is 0.170 e. The molecule has 1 aromatic heterocycles. The molecule has 14 heavy (non-hydrogen) atoms. The molecule has 0 bridgehead atoms. The van der Waals surface area contributed by atoms with E-state index in [1.807, 2.05) is 0 Å². The zero-order valence-corrected chi connectivity index (χ0v) is 8.37. The molecular weight excluding hydrogens is 227 g/mol. The van der Waals surface area contributed by atoms with E-state index in [0.29, 0.717) is 0 Å². The van der Waals surface area contributed by atoms with Crippen LogP contribution < -0.4 is 0 Å². The number of halogens is 2. The van der Waals surface area contributed by atoms with Crippen molar-refractivity contribution in [3.8, 4) is 6.07 Å². The van der Waals surface area contributed by atoms with E-state index in [4.69, 9.17) is 33.6 Å². The van der Waals surface area contributed by atoms with Crippen LogP contribution in [0.1, 0.15) is 11.7 Å². The third kappa shape index (κ3) is 2.34. The van der Waals surface area contributed by atoms with Crippen molar-refractivity contribution >= 4 is 23.2 Å². The first-order valence-electron chi connectivity index (χ1n) is 3.63. The van der Waals surface area contributed by atoms with Gasteiger partial charge in [0.25, 0.3) is 0 Å². The molecule has 1 heterocycles. The molecule has 0 aliphatic rings. The molecule has 0 aliphatic carbocycles. The van der Waals surface area contributed by atoms with Crippen LogP contribution in [0.2, 0.25) is 10.2 Å². The summed E-state index contributed by atoms with van der Waals surface area (Å²) in [7, 11) is 0. The summed E-state index contributed by atoms with van der Waals surface area (Å²) in [6.07, 6.45) is -1.65. The number of rotatable bonds is 2. The van der Waals surface area contributed by atoms with Crippen LogP contribution in [-0.4, -0.2) is 21.3 Å². The number of aromatic nitrogens is 1. The second-order valence-electron chi connectivity index (χ2n) is 2.55. The van der Waals surface area contributed by atoms with Crippen molar-refractivity contribution in [2.75, 3.05) is 0 Å². The van der Waals surface area contributed by atoms with Gasteiger partial charge in [-0.05, 0) is 6.07 Å². The van der Waals surface area contributed by atoms with Gasteiger partial charge >= 0.3 is 0 Å². The molecule has 0 saturated heterocycles. The Bertz CT molecular complexity index is 378. The summed E-state index contributed by atoms with van der Waals surface area (Å²) in [6.45, 7) is 0. The standard InChI is InChI=1S/C8H6Cl2N2O2/c9-4-1-5(8(10)12-3-4)7(14)6(13)2-11/h1,3,6-7,13-14H. The van der Waals surface area contributed by atoms with Crippen LogP contribution in [0.4, 0.5) is 0 Å². The minimum absolute atomic E-state index is 0.0104. The molecule has 0 amide bonds. The predicted molar refractivity (Wildman–Crippen MR) is 50.8 cm³/mol. The number of aliphatic hydroxyl groups is 2. The van der Waals surface area contributed by atoms with Crippen molar-refractivity contribution in [1.82, 2.24) is 4.98 Å². The molecule has 0 spiro atoms. The summed E-state index contributed by atoms with van der Waals surface area (Å²) in [4.78, 5) is 3.67. The highest BCUT2D eigenvalue weighted by Crippen LogP contribution is 2.25. The van der Waals surface area contributed by atoms with E-state index >= 15 is 0 Å². The van der Waals surface area contributed by atoms with Gasteiger partial charge in [0.1, 0.15) is 11.3 Å². The van der Waals surface area contributed by atoms with Crippen LogP contribution in [-0.2, 0) is 0 Å². The normalized spacial score (nSPS) is 14.5. The molecular formula is C8H6Cl2N2O2. The molecule has 6 heteroatoms. The summed E-state index contributed by atoms with van der Waals surface area (Å²) in [5.74, 6) is 0. The highest BCUT2D eigenvalue weighted by molar-refractivity contribution is 6.32. The first kappa shape index (κ1) is 11.2. The van der Waals surface area contributed by atoms with Crippen LogP contribution in [0.25, 0.3) is 0 Å². The van der Waals surface area contributed by atoms with E-state index in [1.165, 1.54) is 18.3 Å². The van der Waals surface area contributed by atoms with Crippen molar-refractivity contribution in [3.63, 3.8) is 0 Å². The minimum atomic E-state index is -1.55. The van der Waals surface area contributed by atoms with E-state index in [2.05, 4.69) is 4.98 Å². The van der Waals surface area contributed by atoms with Gasteiger partial charge in [0, 0.05) is 11.8 Å². The fourth-order valence-electron chi connectivity index (χ4n) is 0.886. The molecule has 0 radical (unpaired) electrons. The fraction of sp³-hybridized carbons (Fsp3) is 0.250. The average molecular weight is 233 g/mol. The molecule has 4 nitrogen and oxygen atoms in total. The Labute approximate surface area is 90.3 Å². The van der Waals surface area contributed by atoms with E-state index in [9.17, 15) is 5.11 Å². The van der Waals surface area contributed by atoms with Gasteiger partial charge in [-0.15, -0.1) is 0 Å². The second kappa shape index (κ2) is 4.58. The summed E-state index contributed by atoms with van der Waals surface area (Å²) >= 11 is 11.3. The highest BCUT2D eigenvalue weighted by Gasteiger charge is 2.21. The van der Waals surface area contributed by atoms with Gasteiger partial charge in [0.15, 0.2) is 6.10 Å². The maximum absolute atomic E-state index is 9.44. The van der Waals surface area contributed by atoms with Gasteiger partial charge in [-0.3, -0.25) is 0 Å². The molecule has 2 N–H and O–H groups in total. The molecule has 0 fully saturated rings. The van der Waals surface area contributed by atoms with E-state index in [0.717, 1.165) is 0 Å². The summed E-state index contributed by atoms with van der Waals surface area (Å²) < 4.78 is 0. The molecule has 0 aromatic carbocycles. The van der Waals surface area contributed by atoms with Gasteiger partial charge < -0.3 is 10.2 Å². The monoisotopic (exact) mass is 232 g/mol. The SMILES string of the molecule is N#CC(O)C(O)c1cc(Cl)cnc1Cl. The molecule has 1 rings (SSSR count). The van der Waals surface area contributed by atoms with Crippen molar-refractivity contribution in [3.05, 3.63) is 28.0 Å². The maximum Gasteiger partial charge on any atom is 0.170 e. The van der Waals surface area contributed by atoms with E-state index in [1.54, 1.807) is 0 Å². The quantitative estimate of drug-likeness (QED) is 0.596. The Kier molecular flexibility index (Phi) is 3.67. The second-order valence-corrected chi connectivity index (χ2v) is 3.35. The van der Waals surface area contributed by atoms with E-state index in [-0.39, 0.29) is 15.7 Å². The van der Waals surface area contributed by atoms with Crippen LogP contribution in [0.3, 0.4) is 0 Å². The number of nitriles is 1. The van der Waals surface area contributed by atoms with Crippen molar-refractivity contribution in [2.24, 2.45) is 0 Å². The Balaban J connectivity index is 3.07. The van der Waals surface area contributed by atoms with Crippen LogP contribution in [0.15, 0.2) is 12.3 Å². The third-order valence-corrected chi connectivity index (χ3v) is 2.11. The first-order valence-corrected chi connectivity index (χ1v) is 4.38. The molecule has 2 atom stereocenters. The predicted octanol–water partition coefficient (Wildman–Crippen LogP) is 1.31. The Morgan fingerprint density at radius 1 is 1.43 bits per heavy atom. The lowest BCUT2D eigenvalue weighted by atomic mass is 10.1. The van der Waals surface area contributed by atoms with Gasteiger partial charge in [-0.1, -0.05) is 23.2 Å². The van der Waals surface area contributed by atoms with Crippen LogP contribution in [0.5, 0.6) is 0 Å². The summed E-state index contributed by atoms with van der Waals surface area (Å²) in [5, 5.41) is 27.1. The number of pyridine rings is 1. The van der Waals surface area contributed by atoms with Gasteiger partial charge in [-0.25, -0.2) is 4.98 Å². The van der Waals surface area contributed by atoms with E-state index < -0.39 is 12.2 Å². The molecule has 2 unspecified atom stereocenters. The lowest BCUT2D eigenvalue weighted by molar-refractivity contribution is 0.0526. The highest BCUT2D eigenvalue weighted by atomic mass is 35.5. The van der Waals surface area contributed by atoms with Crippen molar-refractivity contribution in [1.29, 1.82) is 5.26 Å². The molecule has 0 saturated carbocycles. The zero-order valence-electron chi connectivity index (χ0n) is 6.85. The van der Waals surface area contributed by atoms with Crippen LogP contribution >= 0.6 is 23.2 Å². The Morgan fingerprint density at radius 3 is 2.64 bits per heavy atom. The van der Waals surface area contributed by atoms with Gasteiger partial charge in [0.2, 0.25) is 0 Å². The molecule has 1 aromatic rings. The number of hydrogen-bond acceptors (Lipinski definition) is 4. The lowest BCUT2D eigenvalue weighted by Crippen LogP contribution is -2.16. The Hall–Kier alpha value is -0.860. The van der Waals surface area contributed by atoms with Crippen molar-refractivity contribution in [2.45, 2.75) is 12.2 Å². The van der Waals surface area contributed by atoms with Crippen LogP contribution in [0, 0.1) is 11.3 Å². The summed E-state index contributed by atoms with van der Waals surface area (Å²) in [5.41, 5.74) is 0.133. The van der Waals surface area contributed by atoms with Gasteiger partial charge in [-0.2, -0.15) is 5.26 Å². The maximum atomic E-state index is 9.44. The molecule has 0 aliphatic heterocycles. The summed E-state index contributed by atoms with van der Waals surface area (Å²) in [6, 6.07) is 2.84. The topological polar surface area (TPSA) is 77.1 Å². The zero-order chi connectivity index (χ0) is 10.7. The number of aliphatic hydroxyl groups excluding tert-OH is 2. The molecule has 74 valence electrons. The van der Waals surface area contributed by atoms with Crippen molar-refractivity contribution < 1.29 is 10.2 Å². The number of hydrogen-bond donors (Lipinski definition) is 2. The average Bonchev–Trinajstić information content (AvgIpc) is 2.19. The lowest BCUT2D eigenvalue weighted by Gasteiger charge is -2.12. The number of nitrogens with zero attached hydrogens (tertiary/aromatic N) is 2. The Morgan fingerprint density at radius 2 is 2.07 bits per heavy atom. The largest absolute Gasteiger partial charge is 0.384 e. The fourth-order valence-corrected chi connectivity index (χ4v) is 1.27. The van der Waals surface area contributed by atoms with Gasteiger partial charge in [0.05, 0.1) is 11.1 Å². The minimum Gasteiger partial charge on any atom is -0.384 e. The first-order chi connectivity index (χ1) is 6.56.